The molecule has 3 nitrogen and oxygen atoms in total. The Bertz CT molecular complexity index is 353. The zero-order valence-corrected chi connectivity index (χ0v) is 12.3. The van der Waals surface area contributed by atoms with E-state index in [1.807, 2.05) is 12.1 Å². The van der Waals surface area contributed by atoms with Gasteiger partial charge in [-0.2, -0.15) is 0 Å². The Kier molecular flexibility index (Phi) is 5.95. The van der Waals surface area contributed by atoms with E-state index in [4.69, 9.17) is 10.5 Å². The topological polar surface area (TPSA) is 38.5 Å². The molecule has 4 heteroatoms. The summed E-state index contributed by atoms with van der Waals surface area (Å²) < 4.78 is 6.47. The van der Waals surface area contributed by atoms with Crippen LogP contribution in [0.15, 0.2) is 22.7 Å². The quantitative estimate of drug-likeness (QED) is 0.878. The summed E-state index contributed by atoms with van der Waals surface area (Å²) in [5, 5.41) is 0. The Morgan fingerprint density at radius 3 is 2.47 bits per heavy atom. The van der Waals surface area contributed by atoms with Crippen LogP contribution < -0.4 is 10.5 Å². The molecule has 1 rings (SSSR count). The van der Waals surface area contributed by atoms with Crippen LogP contribution in [0.25, 0.3) is 0 Å². The molecule has 1 unspecified atom stereocenters. The van der Waals surface area contributed by atoms with E-state index in [1.54, 1.807) is 7.11 Å². The van der Waals surface area contributed by atoms with Gasteiger partial charge in [0.1, 0.15) is 5.75 Å². The summed E-state index contributed by atoms with van der Waals surface area (Å²) in [5.74, 6) is 0.899. The summed E-state index contributed by atoms with van der Waals surface area (Å²) in [4.78, 5) is 2.34. The molecule has 0 aliphatic heterocycles. The molecule has 0 bridgehead atoms. The maximum Gasteiger partial charge on any atom is 0.123 e. The monoisotopic (exact) mass is 300 g/mol. The molecule has 0 heterocycles. The number of hydrogen-bond acceptors (Lipinski definition) is 3. The van der Waals surface area contributed by atoms with Gasteiger partial charge in [0, 0.05) is 16.6 Å². The average Bonchev–Trinajstić information content (AvgIpc) is 2.35. The van der Waals surface area contributed by atoms with Gasteiger partial charge in [0.05, 0.1) is 13.2 Å². The van der Waals surface area contributed by atoms with Crippen molar-refractivity contribution >= 4 is 15.9 Å². The molecule has 17 heavy (non-hydrogen) atoms. The molecule has 0 aliphatic carbocycles. The van der Waals surface area contributed by atoms with E-state index in [2.05, 4.69) is 40.7 Å². The fourth-order valence-corrected chi connectivity index (χ4v) is 2.48. The summed E-state index contributed by atoms with van der Waals surface area (Å²) in [6.45, 7) is 6.85. The molecule has 0 aromatic heterocycles. The molecule has 0 saturated heterocycles. The number of ether oxygens (including phenoxy) is 1. The smallest absolute Gasteiger partial charge is 0.123 e. The predicted octanol–water partition coefficient (Wildman–Crippen LogP) is 2.80. The molecule has 1 aromatic carbocycles. The largest absolute Gasteiger partial charge is 0.496 e. The van der Waals surface area contributed by atoms with E-state index in [0.717, 1.165) is 28.9 Å². The van der Waals surface area contributed by atoms with Gasteiger partial charge >= 0.3 is 0 Å². The van der Waals surface area contributed by atoms with E-state index in [1.165, 1.54) is 0 Å². The van der Waals surface area contributed by atoms with Crippen LogP contribution in [0, 0.1) is 0 Å². The third-order valence-electron chi connectivity index (χ3n) is 3.03. The third-order valence-corrected chi connectivity index (χ3v) is 3.52. The van der Waals surface area contributed by atoms with Crippen molar-refractivity contribution in [3.8, 4) is 5.75 Å². The highest BCUT2D eigenvalue weighted by Gasteiger charge is 2.20. The van der Waals surface area contributed by atoms with Gasteiger partial charge in [-0.05, 0) is 31.3 Å². The lowest BCUT2D eigenvalue weighted by Gasteiger charge is -2.30. The van der Waals surface area contributed by atoms with E-state index >= 15 is 0 Å². The standard InChI is InChI=1S/C13H21BrN2O/c1-4-16(5-2)12(9-15)11-8-10(14)6-7-13(11)17-3/h6-8,12H,4-5,9,15H2,1-3H3. The second kappa shape index (κ2) is 6.99. The fraction of sp³-hybridized carbons (Fsp3) is 0.538. The number of methoxy groups -OCH3 is 1. The lowest BCUT2D eigenvalue weighted by atomic mass is 10.0. The average molecular weight is 301 g/mol. The summed E-state index contributed by atoms with van der Waals surface area (Å²) in [5.41, 5.74) is 7.06. The van der Waals surface area contributed by atoms with Crippen LogP contribution in [-0.2, 0) is 0 Å². The van der Waals surface area contributed by atoms with Crippen LogP contribution in [0.2, 0.25) is 0 Å². The minimum Gasteiger partial charge on any atom is -0.496 e. The van der Waals surface area contributed by atoms with Crippen LogP contribution in [0.1, 0.15) is 25.5 Å². The normalized spacial score (nSPS) is 12.8. The lowest BCUT2D eigenvalue weighted by molar-refractivity contribution is 0.219. The molecule has 96 valence electrons. The Labute approximate surface area is 112 Å². The predicted molar refractivity (Wildman–Crippen MR) is 75.4 cm³/mol. The Hall–Kier alpha value is -0.580. The van der Waals surface area contributed by atoms with Crippen molar-refractivity contribution in [1.29, 1.82) is 0 Å². The summed E-state index contributed by atoms with van der Waals surface area (Å²) in [6, 6.07) is 6.26. The zero-order valence-electron chi connectivity index (χ0n) is 10.7. The van der Waals surface area contributed by atoms with Gasteiger partial charge in [0.25, 0.3) is 0 Å². The maximum absolute atomic E-state index is 5.92. The molecule has 0 fully saturated rings. The molecule has 0 saturated carbocycles. The van der Waals surface area contributed by atoms with E-state index in [0.29, 0.717) is 6.54 Å². The first-order valence-electron chi connectivity index (χ1n) is 5.95. The van der Waals surface area contributed by atoms with Crippen LogP contribution in [0.4, 0.5) is 0 Å². The Morgan fingerprint density at radius 2 is 2.00 bits per heavy atom. The third kappa shape index (κ3) is 3.44. The number of halogens is 1. The highest BCUT2D eigenvalue weighted by Crippen LogP contribution is 2.31. The molecule has 0 spiro atoms. The van der Waals surface area contributed by atoms with Crippen molar-refractivity contribution in [1.82, 2.24) is 4.90 Å². The van der Waals surface area contributed by atoms with Crippen molar-refractivity contribution in [2.24, 2.45) is 5.73 Å². The van der Waals surface area contributed by atoms with Crippen molar-refractivity contribution in [3.05, 3.63) is 28.2 Å². The van der Waals surface area contributed by atoms with Gasteiger partial charge in [-0.1, -0.05) is 29.8 Å². The highest BCUT2D eigenvalue weighted by molar-refractivity contribution is 9.10. The molecule has 0 amide bonds. The van der Waals surface area contributed by atoms with E-state index < -0.39 is 0 Å². The van der Waals surface area contributed by atoms with Gasteiger partial charge in [-0.25, -0.2) is 0 Å². The molecule has 1 aromatic rings. The summed E-state index contributed by atoms with van der Waals surface area (Å²) in [7, 11) is 1.70. The second-order valence-corrected chi connectivity index (χ2v) is 4.77. The first-order chi connectivity index (χ1) is 8.17. The zero-order chi connectivity index (χ0) is 12.8. The van der Waals surface area contributed by atoms with Gasteiger partial charge in [0.2, 0.25) is 0 Å². The molecular formula is C13H21BrN2O. The fourth-order valence-electron chi connectivity index (χ4n) is 2.10. The van der Waals surface area contributed by atoms with Crippen molar-refractivity contribution < 1.29 is 4.74 Å². The number of nitrogens with zero attached hydrogens (tertiary/aromatic N) is 1. The summed E-state index contributed by atoms with van der Waals surface area (Å²) in [6.07, 6.45) is 0. The second-order valence-electron chi connectivity index (χ2n) is 3.86. The number of likely N-dealkylation sites (N-methyl/N-ethyl adjacent to an activating group) is 1. The van der Waals surface area contributed by atoms with Crippen LogP contribution in [0.5, 0.6) is 5.75 Å². The lowest BCUT2D eigenvalue weighted by Crippen LogP contribution is -2.33. The molecule has 0 radical (unpaired) electrons. The molecule has 0 aliphatic rings. The highest BCUT2D eigenvalue weighted by atomic mass is 79.9. The number of nitrogens with two attached hydrogens (primary N) is 1. The van der Waals surface area contributed by atoms with Crippen LogP contribution >= 0.6 is 15.9 Å². The number of benzene rings is 1. The van der Waals surface area contributed by atoms with Gasteiger partial charge in [-0.15, -0.1) is 0 Å². The van der Waals surface area contributed by atoms with Crippen molar-refractivity contribution in [2.45, 2.75) is 19.9 Å². The van der Waals surface area contributed by atoms with Gasteiger partial charge in [0.15, 0.2) is 0 Å². The van der Waals surface area contributed by atoms with Crippen LogP contribution in [0.3, 0.4) is 0 Å². The van der Waals surface area contributed by atoms with Gasteiger partial charge in [-0.3, -0.25) is 4.90 Å². The molecule has 1 atom stereocenters. The first-order valence-corrected chi connectivity index (χ1v) is 6.74. The maximum atomic E-state index is 5.92. The minimum atomic E-state index is 0.206. The molecule has 2 N–H and O–H groups in total. The number of hydrogen-bond donors (Lipinski definition) is 1. The minimum absolute atomic E-state index is 0.206. The first kappa shape index (κ1) is 14.5. The Balaban J connectivity index is 3.13. The van der Waals surface area contributed by atoms with E-state index in [9.17, 15) is 0 Å². The number of rotatable bonds is 6. The van der Waals surface area contributed by atoms with Crippen molar-refractivity contribution in [2.75, 3.05) is 26.7 Å². The Morgan fingerprint density at radius 1 is 1.35 bits per heavy atom. The van der Waals surface area contributed by atoms with E-state index in [-0.39, 0.29) is 6.04 Å². The molecular weight excluding hydrogens is 280 g/mol. The van der Waals surface area contributed by atoms with Crippen molar-refractivity contribution in [3.63, 3.8) is 0 Å². The van der Waals surface area contributed by atoms with Gasteiger partial charge < -0.3 is 10.5 Å². The summed E-state index contributed by atoms with van der Waals surface area (Å²) >= 11 is 3.50. The SMILES string of the molecule is CCN(CC)C(CN)c1cc(Br)ccc1OC. The van der Waals surface area contributed by atoms with Crippen LogP contribution in [-0.4, -0.2) is 31.6 Å².